The Labute approximate surface area is 133 Å². The van der Waals surface area contributed by atoms with Crippen molar-refractivity contribution in [3.8, 4) is 22.0 Å². The van der Waals surface area contributed by atoms with Crippen molar-refractivity contribution in [3.05, 3.63) is 58.6 Å². The molecule has 3 aromatic rings. The maximum absolute atomic E-state index is 12.0. The molecule has 0 bridgehead atoms. The van der Waals surface area contributed by atoms with Crippen molar-refractivity contribution >= 4 is 17.1 Å². The fourth-order valence-corrected chi connectivity index (χ4v) is 3.09. The van der Waals surface area contributed by atoms with E-state index in [0.717, 1.165) is 16.1 Å². The Morgan fingerprint density at radius 2 is 1.77 bits per heavy atom. The molecule has 4 heteroatoms. The molecule has 0 fully saturated rings. The van der Waals surface area contributed by atoms with Crippen LogP contribution in [-0.2, 0) is 0 Å². The number of rotatable bonds is 3. The minimum absolute atomic E-state index is 0.00851. The van der Waals surface area contributed by atoms with Crippen LogP contribution in [0.25, 0.3) is 22.0 Å². The van der Waals surface area contributed by atoms with Gasteiger partial charge in [-0.25, -0.2) is 9.97 Å². The summed E-state index contributed by atoms with van der Waals surface area (Å²) in [6, 6.07) is 12.0. The molecule has 0 aliphatic rings. The van der Waals surface area contributed by atoms with E-state index in [2.05, 4.69) is 9.97 Å². The fraction of sp³-hybridized carbons (Fsp3) is 0.167. The van der Waals surface area contributed by atoms with Crippen LogP contribution in [0.2, 0.25) is 0 Å². The second kappa shape index (κ2) is 5.81. The van der Waals surface area contributed by atoms with Crippen LogP contribution in [-0.4, -0.2) is 15.8 Å². The van der Waals surface area contributed by atoms with Crippen LogP contribution in [0.1, 0.15) is 28.5 Å². The molecule has 110 valence electrons. The van der Waals surface area contributed by atoms with Crippen LogP contribution in [0, 0.1) is 13.8 Å². The third-order valence-corrected chi connectivity index (χ3v) is 4.37. The van der Waals surface area contributed by atoms with E-state index in [0.29, 0.717) is 17.1 Å². The van der Waals surface area contributed by atoms with Gasteiger partial charge in [-0.05, 0) is 32.2 Å². The first-order valence-corrected chi connectivity index (χ1v) is 7.94. The summed E-state index contributed by atoms with van der Waals surface area (Å²) in [6.07, 6.45) is 0. The molecule has 0 unspecified atom stereocenters. The van der Waals surface area contributed by atoms with Gasteiger partial charge in [-0.3, -0.25) is 4.79 Å². The number of nitrogens with zero attached hydrogens (tertiary/aromatic N) is 2. The van der Waals surface area contributed by atoms with Gasteiger partial charge in [-0.15, -0.1) is 11.3 Å². The van der Waals surface area contributed by atoms with Gasteiger partial charge in [0.15, 0.2) is 11.6 Å². The SMILES string of the molecule is CC(=O)c1c(C)nc(-c2cccs2)nc1-c1ccc(C)cc1. The minimum Gasteiger partial charge on any atom is -0.294 e. The van der Waals surface area contributed by atoms with Crippen molar-refractivity contribution in [2.24, 2.45) is 0 Å². The van der Waals surface area contributed by atoms with Crippen molar-refractivity contribution in [2.75, 3.05) is 0 Å². The summed E-state index contributed by atoms with van der Waals surface area (Å²) < 4.78 is 0. The Bertz CT molecular complexity index is 821. The summed E-state index contributed by atoms with van der Waals surface area (Å²) in [7, 11) is 0. The second-order valence-corrected chi connectivity index (χ2v) is 6.20. The number of carbonyl (C=O) groups excluding carboxylic acids is 1. The molecule has 1 aromatic carbocycles. The Hall–Kier alpha value is -2.33. The zero-order valence-electron chi connectivity index (χ0n) is 12.8. The molecule has 0 radical (unpaired) electrons. The van der Waals surface area contributed by atoms with E-state index >= 15 is 0 Å². The highest BCUT2D eigenvalue weighted by Crippen LogP contribution is 2.29. The first-order valence-electron chi connectivity index (χ1n) is 7.07. The molecule has 2 heterocycles. The number of hydrogen-bond donors (Lipinski definition) is 0. The van der Waals surface area contributed by atoms with Gasteiger partial charge in [0, 0.05) is 5.56 Å². The van der Waals surface area contributed by atoms with Gasteiger partial charge < -0.3 is 0 Å². The van der Waals surface area contributed by atoms with E-state index in [1.807, 2.05) is 55.6 Å². The van der Waals surface area contributed by atoms with Gasteiger partial charge in [-0.1, -0.05) is 35.9 Å². The molecule has 0 N–H and O–H groups in total. The molecule has 3 rings (SSSR count). The summed E-state index contributed by atoms with van der Waals surface area (Å²) in [6.45, 7) is 5.47. The number of benzene rings is 1. The van der Waals surface area contributed by atoms with Crippen LogP contribution in [0.5, 0.6) is 0 Å². The van der Waals surface area contributed by atoms with Crippen LogP contribution >= 0.6 is 11.3 Å². The molecular formula is C18H16N2OS. The third kappa shape index (κ3) is 2.70. The first kappa shape index (κ1) is 14.6. The molecule has 0 atom stereocenters. The fourth-order valence-electron chi connectivity index (χ4n) is 2.43. The number of aromatic nitrogens is 2. The van der Waals surface area contributed by atoms with Crippen LogP contribution < -0.4 is 0 Å². The topological polar surface area (TPSA) is 42.9 Å². The number of aryl methyl sites for hydroxylation is 2. The lowest BCUT2D eigenvalue weighted by Crippen LogP contribution is -2.06. The Kier molecular flexibility index (Phi) is 3.86. The summed E-state index contributed by atoms with van der Waals surface area (Å²) in [4.78, 5) is 22.2. The Morgan fingerprint density at radius 1 is 1.05 bits per heavy atom. The van der Waals surface area contributed by atoms with Crippen molar-refractivity contribution in [3.63, 3.8) is 0 Å². The molecule has 0 amide bonds. The van der Waals surface area contributed by atoms with Crippen molar-refractivity contribution in [1.29, 1.82) is 0 Å². The average Bonchev–Trinajstić information content (AvgIpc) is 3.01. The Balaban J connectivity index is 2.25. The van der Waals surface area contributed by atoms with Crippen LogP contribution in [0.3, 0.4) is 0 Å². The summed E-state index contributed by atoms with van der Waals surface area (Å²) in [5.74, 6) is 0.666. The van der Waals surface area contributed by atoms with Crippen molar-refractivity contribution in [2.45, 2.75) is 20.8 Å². The lowest BCUT2D eigenvalue weighted by molar-refractivity contribution is 0.101. The lowest BCUT2D eigenvalue weighted by atomic mass is 10.0. The van der Waals surface area contributed by atoms with E-state index < -0.39 is 0 Å². The van der Waals surface area contributed by atoms with Gasteiger partial charge in [0.25, 0.3) is 0 Å². The normalized spacial score (nSPS) is 10.7. The van der Waals surface area contributed by atoms with Gasteiger partial charge in [0.2, 0.25) is 0 Å². The largest absolute Gasteiger partial charge is 0.294 e. The molecule has 0 spiro atoms. The van der Waals surface area contributed by atoms with Gasteiger partial charge >= 0.3 is 0 Å². The van der Waals surface area contributed by atoms with E-state index in [-0.39, 0.29) is 5.78 Å². The van der Waals surface area contributed by atoms with Gasteiger partial charge in [-0.2, -0.15) is 0 Å². The van der Waals surface area contributed by atoms with Crippen molar-refractivity contribution in [1.82, 2.24) is 9.97 Å². The predicted molar refractivity (Wildman–Crippen MR) is 90.3 cm³/mol. The number of Topliss-reactive ketones (excluding diaryl/α,β-unsaturated/α-hetero) is 1. The first-order chi connectivity index (χ1) is 10.6. The maximum Gasteiger partial charge on any atom is 0.170 e. The molecule has 22 heavy (non-hydrogen) atoms. The third-order valence-electron chi connectivity index (χ3n) is 3.51. The maximum atomic E-state index is 12.0. The number of carbonyl (C=O) groups is 1. The monoisotopic (exact) mass is 308 g/mol. The number of thiophene rings is 1. The van der Waals surface area contributed by atoms with Crippen molar-refractivity contribution < 1.29 is 4.79 Å². The summed E-state index contributed by atoms with van der Waals surface area (Å²) in [5.41, 5.74) is 4.16. The molecule has 3 nitrogen and oxygen atoms in total. The van der Waals surface area contributed by atoms with Crippen LogP contribution in [0.15, 0.2) is 41.8 Å². The standard InChI is InChI=1S/C18H16N2OS/c1-11-6-8-14(9-7-11)17-16(13(3)21)12(2)19-18(20-17)15-5-4-10-22-15/h4-10H,1-3H3. The Morgan fingerprint density at radius 3 is 2.36 bits per heavy atom. The molecule has 0 saturated heterocycles. The molecule has 0 saturated carbocycles. The zero-order valence-corrected chi connectivity index (χ0v) is 13.6. The smallest absolute Gasteiger partial charge is 0.170 e. The van der Waals surface area contributed by atoms with E-state index in [1.54, 1.807) is 18.3 Å². The second-order valence-electron chi connectivity index (χ2n) is 5.26. The molecule has 0 aliphatic heterocycles. The minimum atomic E-state index is -0.00851. The summed E-state index contributed by atoms with van der Waals surface area (Å²) >= 11 is 1.60. The summed E-state index contributed by atoms with van der Waals surface area (Å²) in [5, 5.41) is 2.00. The molecular weight excluding hydrogens is 292 g/mol. The highest BCUT2D eigenvalue weighted by atomic mass is 32.1. The zero-order chi connectivity index (χ0) is 15.7. The number of hydrogen-bond acceptors (Lipinski definition) is 4. The molecule has 0 aliphatic carbocycles. The van der Waals surface area contributed by atoms with E-state index in [4.69, 9.17) is 0 Å². The van der Waals surface area contributed by atoms with Gasteiger partial charge in [0.1, 0.15) is 0 Å². The van der Waals surface area contributed by atoms with Crippen LogP contribution in [0.4, 0.5) is 0 Å². The predicted octanol–water partition coefficient (Wildman–Crippen LogP) is 4.69. The van der Waals surface area contributed by atoms with E-state index in [1.165, 1.54) is 5.56 Å². The quantitative estimate of drug-likeness (QED) is 0.659. The average molecular weight is 308 g/mol. The van der Waals surface area contributed by atoms with Gasteiger partial charge in [0.05, 0.1) is 21.8 Å². The molecule has 2 aromatic heterocycles. The number of ketones is 1. The highest BCUT2D eigenvalue weighted by molar-refractivity contribution is 7.13. The lowest BCUT2D eigenvalue weighted by Gasteiger charge is -2.11. The van der Waals surface area contributed by atoms with E-state index in [9.17, 15) is 4.79 Å². The highest BCUT2D eigenvalue weighted by Gasteiger charge is 2.18.